The number of ketones is 1. The molecule has 0 spiro atoms. The van der Waals surface area contributed by atoms with E-state index < -0.39 is 10.0 Å². The van der Waals surface area contributed by atoms with E-state index in [2.05, 4.69) is 10.2 Å². The van der Waals surface area contributed by atoms with E-state index in [-0.39, 0.29) is 33.2 Å². The summed E-state index contributed by atoms with van der Waals surface area (Å²) in [5, 5.41) is 8.16. The molecule has 0 aromatic heterocycles. The maximum atomic E-state index is 12.8. The molecule has 0 bridgehead atoms. The molecule has 1 saturated carbocycles. The molecular formula is C29H34ClN3O6S. The van der Waals surface area contributed by atoms with Crippen molar-refractivity contribution in [1.29, 1.82) is 0 Å². The van der Waals surface area contributed by atoms with Crippen molar-refractivity contribution in [2.24, 2.45) is 11.1 Å². The lowest BCUT2D eigenvalue weighted by Gasteiger charge is -2.32. The van der Waals surface area contributed by atoms with E-state index >= 15 is 0 Å². The number of fused-ring (bicyclic) bond motifs is 1. The average Bonchev–Trinajstić information content (AvgIpc) is 3.70. The van der Waals surface area contributed by atoms with Crippen molar-refractivity contribution >= 4 is 33.3 Å². The van der Waals surface area contributed by atoms with E-state index in [0.29, 0.717) is 35.3 Å². The van der Waals surface area contributed by atoms with Crippen molar-refractivity contribution in [2.75, 3.05) is 26.2 Å². The van der Waals surface area contributed by atoms with Crippen molar-refractivity contribution in [2.45, 2.75) is 55.9 Å². The molecule has 0 atom stereocenters. The number of piperidine rings is 1. The lowest BCUT2D eigenvalue weighted by molar-refractivity contribution is 0.0909. The third kappa shape index (κ3) is 7.04. The molecular weight excluding hydrogens is 554 g/mol. The lowest BCUT2D eigenvalue weighted by atomic mass is 10.0. The van der Waals surface area contributed by atoms with Crippen LogP contribution in [0.15, 0.2) is 53.1 Å². The quantitative estimate of drug-likeness (QED) is 0.296. The Balaban J connectivity index is 1.02. The van der Waals surface area contributed by atoms with Crippen LogP contribution in [0.4, 0.5) is 0 Å². The largest absolute Gasteiger partial charge is 0.493 e. The summed E-state index contributed by atoms with van der Waals surface area (Å²) in [7, 11) is -4.02. The third-order valence-corrected chi connectivity index (χ3v) is 8.93. The monoisotopic (exact) mass is 587 g/mol. The highest BCUT2D eigenvalue weighted by molar-refractivity contribution is 7.89. The number of sulfonamides is 1. The minimum absolute atomic E-state index is 0.00356. The number of likely N-dealkylation sites (tertiary alicyclic amines) is 1. The Hall–Kier alpha value is -2.92. The first-order chi connectivity index (χ1) is 19.2. The summed E-state index contributed by atoms with van der Waals surface area (Å²) in [4.78, 5) is 27.6. The van der Waals surface area contributed by atoms with Gasteiger partial charge in [-0.15, -0.1) is 0 Å². The number of allylic oxidation sites excluding steroid dienone is 2. The lowest BCUT2D eigenvalue weighted by Crippen LogP contribution is -2.44. The Kier molecular flexibility index (Phi) is 8.80. The molecule has 2 fully saturated rings. The first kappa shape index (κ1) is 28.6. The second kappa shape index (κ2) is 12.3. The van der Waals surface area contributed by atoms with Gasteiger partial charge in [-0.1, -0.05) is 17.7 Å². The van der Waals surface area contributed by atoms with E-state index in [9.17, 15) is 18.0 Å². The van der Waals surface area contributed by atoms with Gasteiger partial charge in [0.25, 0.3) is 5.91 Å². The van der Waals surface area contributed by atoms with Gasteiger partial charge in [0.05, 0.1) is 11.6 Å². The van der Waals surface area contributed by atoms with Gasteiger partial charge in [0.2, 0.25) is 15.8 Å². The maximum absolute atomic E-state index is 12.8. The standard InChI is InChI=1S/C29H34ClN3O6S/c30-22-10-9-20(18-26(22)40(31,36)37)29(35)32-21-12-15-33(16-13-21)14-1-2-17-38-23-4-3-5-24-27(23)28(34)25(39-24)11-8-19-6-7-19/h3-5,9-11,18-19,21H,1-2,6-8,12-17H2,(H,32,35)(H2,31,36,37). The number of nitrogens with two attached hydrogens (primary N) is 1. The van der Waals surface area contributed by atoms with Gasteiger partial charge in [-0.05, 0) is 93.8 Å². The summed E-state index contributed by atoms with van der Waals surface area (Å²) in [5.41, 5.74) is 0.729. The van der Waals surface area contributed by atoms with Gasteiger partial charge < -0.3 is 19.7 Å². The molecule has 2 aliphatic heterocycles. The molecule has 5 rings (SSSR count). The number of Topliss-reactive ketones (excluding diaryl/α,β-unsaturated/α-hetero) is 1. The number of hydrogen-bond acceptors (Lipinski definition) is 7. The molecule has 214 valence electrons. The second-order valence-electron chi connectivity index (χ2n) is 10.6. The highest BCUT2D eigenvalue weighted by Crippen LogP contribution is 2.39. The van der Waals surface area contributed by atoms with Crippen LogP contribution in [-0.2, 0) is 10.0 Å². The third-order valence-electron chi connectivity index (χ3n) is 7.54. The molecule has 9 nitrogen and oxygen atoms in total. The van der Waals surface area contributed by atoms with E-state index in [1.807, 2.05) is 18.2 Å². The van der Waals surface area contributed by atoms with E-state index in [0.717, 1.165) is 51.7 Å². The number of halogens is 1. The average molecular weight is 588 g/mol. The fourth-order valence-electron chi connectivity index (χ4n) is 5.04. The summed E-state index contributed by atoms with van der Waals surface area (Å²) >= 11 is 5.92. The molecule has 2 aromatic rings. The van der Waals surface area contributed by atoms with Crippen molar-refractivity contribution in [3.8, 4) is 11.5 Å². The molecule has 40 heavy (non-hydrogen) atoms. The van der Waals surface area contributed by atoms with Crippen LogP contribution in [0.1, 0.15) is 65.7 Å². The van der Waals surface area contributed by atoms with Gasteiger partial charge >= 0.3 is 0 Å². The summed E-state index contributed by atoms with van der Waals surface area (Å²) < 4.78 is 35.2. The zero-order valence-corrected chi connectivity index (χ0v) is 23.8. The molecule has 1 aliphatic carbocycles. The normalized spacial score (nSPS) is 18.9. The van der Waals surface area contributed by atoms with Crippen molar-refractivity contribution < 1.29 is 27.5 Å². The Bertz CT molecular complexity index is 1410. The first-order valence-corrected chi connectivity index (χ1v) is 15.7. The number of carbonyl (C=O) groups is 2. The minimum atomic E-state index is -4.02. The molecule has 11 heteroatoms. The van der Waals surface area contributed by atoms with E-state index in [1.165, 1.54) is 31.0 Å². The Labute approximate surface area is 239 Å². The van der Waals surface area contributed by atoms with Gasteiger partial charge in [-0.25, -0.2) is 13.6 Å². The summed E-state index contributed by atoms with van der Waals surface area (Å²) in [5.74, 6) is 1.81. The molecule has 1 saturated heterocycles. The first-order valence-electron chi connectivity index (χ1n) is 13.7. The van der Waals surface area contributed by atoms with Crippen LogP contribution in [-0.4, -0.2) is 57.3 Å². The van der Waals surface area contributed by atoms with Crippen LogP contribution in [0.2, 0.25) is 5.02 Å². The minimum Gasteiger partial charge on any atom is -0.493 e. The van der Waals surface area contributed by atoms with E-state index in [4.69, 9.17) is 26.2 Å². The number of primary sulfonamides is 1. The number of amides is 1. The Morgan fingerprint density at radius 3 is 2.65 bits per heavy atom. The highest BCUT2D eigenvalue weighted by Gasteiger charge is 2.32. The zero-order valence-electron chi connectivity index (χ0n) is 22.2. The van der Waals surface area contributed by atoms with Crippen LogP contribution in [0.25, 0.3) is 0 Å². The number of unbranched alkanes of at least 4 members (excludes halogenated alkanes) is 1. The van der Waals surface area contributed by atoms with Crippen LogP contribution >= 0.6 is 11.6 Å². The predicted octanol–water partition coefficient (Wildman–Crippen LogP) is 4.30. The topological polar surface area (TPSA) is 128 Å². The SMILES string of the molecule is NS(=O)(=O)c1cc(C(=O)NC2CCN(CCCCOc3cccc4c3C(=O)C(=CCC3CC3)O4)CC2)ccc1Cl. The molecule has 1 amide bonds. The highest BCUT2D eigenvalue weighted by atomic mass is 35.5. The molecule has 2 aromatic carbocycles. The van der Waals surface area contributed by atoms with Gasteiger partial charge in [0.1, 0.15) is 22.0 Å². The number of hydrogen-bond donors (Lipinski definition) is 2. The van der Waals surface area contributed by atoms with Crippen molar-refractivity contribution in [1.82, 2.24) is 10.2 Å². The number of ether oxygens (including phenoxy) is 2. The molecule has 3 N–H and O–H groups in total. The fraction of sp³-hybridized carbons (Fsp3) is 0.448. The predicted molar refractivity (Wildman–Crippen MR) is 151 cm³/mol. The summed E-state index contributed by atoms with van der Waals surface area (Å²) in [6.07, 6.45) is 8.65. The number of nitrogens with one attached hydrogen (secondary N) is 1. The van der Waals surface area contributed by atoms with Gasteiger partial charge in [0, 0.05) is 24.7 Å². The molecule has 3 aliphatic rings. The Morgan fingerprint density at radius 1 is 1.15 bits per heavy atom. The van der Waals surface area contributed by atoms with Crippen LogP contribution in [0, 0.1) is 5.92 Å². The zero-order chi connectivity index (χ0) is 28.3. The molecule has 2 heterocycles. The van der Waals surface area contributed by atoms with Crippen LogP contribution < -0.4 is 19.9 Å². The van der Waals surface area contributed by atoms with Gasteiger partial charge in [-0.3, -0.25) is 9.59 Å². The van der Waals surface area contributed by atoms with Gasteiger partial charge in [0.15, 0.2) is 5.76 Å². The van der Waals surface area contributed by atoms with Gasteiger partial charge in [-0.2, -0.15) is 0 Å². The van der Waals surface area contributed by atoms with E-state index in [1.54, 1.807) is 6.07 Å². The fourth-order valence-corrected chi connectivity index (χ4v) is 6.11. The number of benzene rings is 2. The second-order valence-corrected chi connectivity index (χ2v) is 12.6. The molecule has 0 unspecified atom stereocenters. The van der Waals surface area contributed by atoms with Crippen LogP contribution in [0.5, 0.6) is 11.5 Å². The number of carbonyl (C=O) groups excluding carboxylic acids is 2. The maximum Gasteiger partial charge on any atom is 0.251 e. The molecule has 0 radical (unpaired) electrons. The van der Waals surface area contributed by atoms with Crippen LogP contribution in [0.3, 0.4) is 0 Å². The summed E-state index contributed by atoms with van der Waals surface area (Å²) in [6, 6.07) is 9.54. The summed E-state index contributed by atoms with van der Waals surface area (Å²) in [6.45, 7) is 3.13. The Morgan fingerprint density at radius 2 is 1.93 bits per heavy atom. The smallest absolute Gasteiger partial charge is 0.251 e. The van der Waals surface area contributed by atoms with Crippen molar-refractivity contribution in [3.63, 3.8) is 0 Å². The number of rotatable bonds is 11. The number of nitrogens with zero attached hydrogens (tertiary/aromatic N) is 1. The van der Waals surface area contributed by atoms with Crippen molar-refractivity contribution in [3.05, 3.63) is 64.4 Å².